The molecule has 1 amide bonds. The maximum absolute atomic E-state index is 12.2. The minimum Gasteiger partial charge on any atom is -0.342 e. The van der Waals surface area contributed by atoms with Crippen LogP contribution in [0, 0.1) is 19.8 Å². The number of amides is 1. The third-order valence-corrected chi connectivity index (χ3v) is 3.88. The van der Waals surface area contributed by atoms with Crippen molar-refractivity contribution in [3.05, 3.63) is 17.0 Å². The fourth-order valence-corrected chi connectivity index (χ4v) is 2.75. The lowest BCUT2D eigenvalue weighted by molar-refractivity contribution is -0.132. The van der Waals surface area contributed by atoms with E-state index in [9.17, 15) is 4.79 Å². The van der Waals surface area contributed by atoms with E-state index >= 15 is 0 Å². The molecule has 4 heteroatoms. The van der Waals surface area contributed by atoms with Gasteiger partial charge in [-0.15, -0.1) is 0 Å². The number of carbonyl (C=O) groups excluding carboxylic acids is 1. The van der Waals surface area contributed by atoms with Crippen molar-refractivity contribution in [2.24, 2.45) is 5.92 Å². The highest BCUT2D eigenvalue weighted by molar-refractivity contribution is 5.76. The van der Waals surface area contributed by atoms with Crippen molar-refractivity contribution in [1.29, 1.82) is 0 Å². The Labute approximate surface area is 109 Å². The molecule has 0 spiro atoms. The fourth-order valence-electron chi connectivity index (χ4n) is 2.75. The molecular formula is C14H23N3O. The second-order valence-electron chi connectivity index (χ2n) is 5.50. The van der Waals surface area contributed by atoms with Crippen molar-refractivity contribution in [1.82, 2.24) is 15.1 Å². The van der Waals surface area contributed by atoms with Gasteiger partial charge < -0.3 is 4.90 Å². The number of nitrogens with one attached hydrogen (secondary N) is 1. The second kappa shape index (κ2) is 5.55. The van der Waals surface area contributed by atoms with Crippen molar-refractivity contribution in [3.63, 3.8) is 0 Å². The molecule has 1 fully saturated rings. The molecule has 0 bridgehead atoms. The third kappa shape index (κ3) is 2.92. The van der Waals surface area contributed by atoms with Crippen LogP contribution >= 0.6 is 0 Å². The van der Waals surface area contributed by atoms with Crippen LogP contribution in [0.15, 0.2) is 0 Å². The van der Waals surface area contributed by atoms with Crippen molar-refractivity contribution < 1.29 is 4.79 Å². The summed E-state index contributed by atoms with van der Waals surface area (Å²) < 4.78 is 0. The van der Waals surface area contributed by atoms with Gasteiger partial charge in [0.25, 0.3) is 0 Å². The Morgan fingerprint density at radius 3 is 2.89 bits per heavy atom. The normalized spacial score (nSPS) is 20.2. The van der Waals surface area contributed by atoms with E-state index in [1.165, 1.54) is 12.0 Å². The van der Waals surface area contributed by atoms with Crippen LogP contribution in [0.5, 0.6) is 0 Å². The molecule has 2 rings (SSSR count). The first kappa shape index (κ1) is 13.1. The fraction of sp³-hybridized carbons (Fsp3) is 0.714. The maximum Gasteiger partial charge on any atom is 0.222 e. The van der Waals surface area contributed by atoms with E-state index in [0.717, 1.165) is 37.3 Å². The highest BCUT2D eigenvalue weighted by atomic mass is 16.2. The molecule has 0 aliphatic carbocycles. The van der Waals surface area contributed by atoms with Gasteiger partial charge in [0.05, 0.1) is 5.69 Å². The summed E-state index contributed by atoms with van der Waals surface area (Å²) in [5, 5.41) is 7.14. The maximum atomic E-state index is 12.2. The number of piperidine rings is 1. The topological polar surface area (TPSA) is 49.0 Å². The standard InChI is InChI=1S/C14H23N3O/c1-10-5-4-8-17(9-10)14(18)7-6-13-11(2)15-16-12(13)3/h10H,4-9H2,1-3H3,(H,15,16). The predicted octanol–water partition coefficient (Wildman–Crippen LogP) is 2.22. The molecule has 1 atom stereocenters. The average molecular weight is 249 g/mol. The van der Waals surface area contributed by atoms with Crippen molar-refractivity contribution in [2.75, 3.05) is 13.1 Å². The van der Waals surface area contributed by atoms with E-state index < -0.39 is 0 Å². The largest absolute Gasteiger partial charge is 0.342 e. The summed E-state index contributed by atoms with van der Waals surface area (Å²) in [6.07, 6.45) is 3.81. The Hall–Kier alpha value is -1.32. The third-order valence-electron chi connectivity index (χ3n) is 3.88. The van der Waals surface area contributed by atoms with Crippen molar-refractivity contribution in [2.45, 2.75) is 46.5 Å². The van der Waals surface area contributed by atoms with Crippen LogP contribution in [0.3, 0.4) is 0 Å². The van der Waals surface area contributed by atoms with Gasteiger partial charge in [-0.2, -0.15) is 5.10 Å². The molecule has 2 heterocycles. The Morgan fingerprint density at radius 1 is 1.50 bits per heavy atom. The van der Waals surface area contributed by atoms with Crippen LogP contribution in [0.4, 0.5) is 0 Å². The van der Waals surface area contributed by atoms with Gasteiger partial charge in [-0.25, -0.2) is 0 Å². The second-order valence-corrected chi connectivity index (χ2v) is 5.50. The minimum atomic E-state index is 0.293. The number of hydrogen-bond acceptors (Lipinski definition) is 2. The molecule has 4 nitrogen and oxygen atoms in total. The molecule has 1 aromatic heterocycles. The molecule has 0 saturated carbocycles. The molecule has 1 unspecified atom stereocenters. The Morgan fingerprint density at radius 2 is 2.28 bits per heavy atom. The zero-order valence-corrected chi connectivity index (χ0v) is 11.6. The predicted molar refractivity (Wildman–Crippen MR) is 71.4 cm³/mol. The molecule has 0 radical (unpaired) electrons. The number of H-pyrrole nitrogens is 1. The number of rotatable bonds is 3. The quantitative estimate of drug-likeness (QED) is 0.893. The van der Waals surface area contributed by atoms with Crippen LogP contribution in [-0.2, 0) is 11.2 Å². The Bertz CT molecular complexity index is 405. The van der Waals surface area contributed by atoms with Gasteiger partial charge in [0, 0.05) is 25.2 Å². The molecule has 1 aliphatic heterocycles. The van der Waals surface area contributed by atoms with E-state index in [4.69, 9.17) is 0 Å². The molecule has 100 valence electrons. The summed E-state index contributed by atoms with van der Waals surface area (Å²) in [4.78, 5) is 14.2. The van der Waals surface area contributed by atoms with Crippen molar-refractivity contribution in [3.8, 4) is 0 Å². The van der Waals surface area contributed by atoms with Crippen molar-refractivity contribution >= 4 is 5.91 Å². The van der Waals surface area contributed by atoms with Gasteiger partial charge in [-0.1, -0.05) is 6.92 Å². The summed E-state index contributed by atoms with van der Waals surface area (Å²) in [6.45, 7) is 8.10. The number of aromatic nitrogens is 2. The van der Waals surface area contributed by atoms with Gasteiger partial charge in [-0.3, -0.25) is 9.89 Å². The van der Waals surface area contributed by atoms with Crippen LogP contribution in [0.25, 0.3) is 0 Å². The van der Waals surface area contributed by atoms with E-state index in [-0.39, 0.29) is 0 Å². The summed E-state index contributed by atoms with van der Waals surface area (Å²) in [7, 11) is 0. The van der Waals surface area contributed by atoms with Crippen LogP contribution in [0.1, 0.15) is 43.1 Å². The highest BCUT2D eigenvalue weighted by Crippen LogP contribution is 2.18. The number of carbonyl (C=O) groups is 1. The monoisotopic (exact) mass is 249 g/mol. The number of hydrogen-bond donors (Lipinski definition) is 1. The van der Waals surface area contributed by atoms with E-state index in [1.54, 1.807) is 0 Å². The molecule has 0 aromatic carbocycles. The average Bonchev–Trinajstić information content (AvgIpc) is 2.66. The molecule has 1 N–H and O–H groups in total. The molecule has 1 aromatic rings. The highest BCUT2D eigenvalue weighted by Gasteiger charge is 2.21. The van der Waals surface area contributed by atoms with Gasteiger partial charge in [0.2, 0.25) is 5.91 Å². The molecular weight excluding hydrogens is 226 g/mol. The molecule has 18 heavy (non-hydrogen) atoms. The van der Waals surface area contributed by atoms with Gasteiger partial charge in [0.1, 0.15) is 0 Å². The van der Waals surface area contributed by atoms with Crippen LogP contribution in [-0.4, -0.2) is 34.1 Å². The van der Waals surface area contributed by atoms with Crippen LogP contribution in [0.2, 0.25) is 0 Å². The lowest BCUT2D eigenvalue weighted by Crippen LogP contribution is -2.39. The summed E-state index contributed by atoms with van der Waals surface area (Å²) >= 11 is 0. The van der Waals surface area contributed by atoms with Gasteiger partial charge >= 0.3 is 0 Å². The Balaban J connectivity index is 1.88. The van der Waals surface area contributed by atoms with Gasteiger partial charge in [-0.05, 0) is 44.6 Å². The first-order valence-corrected chi connectivity index (χ1v) is 6.86. The smallest absolute Gasteiger partial charge is 0.222 e. The lowest BCUT2D eigenvalue weighted by Gasteiger charge is -2.31. The number of likely N-dealkylation sites (tertiary alicyclic amines) is 1. The lowest BCUT2D eigenvalue weighted by atomic mass is 9.99. The zero-order valence-electron chi connectivity index (χ0n) is 11.6. The minimum absolute atomic E-state index is 0.293. The number of aromatic amines is 1. The van der Waals surface area contributed by atoms with E-state index in [2.05, 4.69) is 17.1 Å². The van der Waals surface area contributed by atoms with Gasteiger partial charge in [0.15, 0.2) is 0 Å². The first-order chi connectivity index (χ1) is 8.58. The summed E-state index contributed by atoms with van der Waals surface area (Å²) in [5.41, 5.74) is 3.31. The Kier molecular flexibility index (Phi) is 4.04. The number of nitrogens with zero attached hydrogens (tertiary/aromatic N) is 2. The van der Waals surface area contributed by atoms with E-state index in [1.807, 2.05) is 18.7 Å². The summed E-state index contributed by atoms with van der Waals surface area (Å²) in [5.74, 6) is 0.946. The SMILES string of the molecule is Cc1n[nH]c(C)c1CCC(=O)N1CCCC(C)C1. The zero-order chi connectivity index (χ0) is 13.1. The molecule has 1 aliphatic rings. The van der Waals surface area contributed by atoms with Crippen LogP contribution < -0.4 is 0 Å². The van der Waals surface area contributed by atoms with E-state index in [0.29, 0.717) is 18.2 Å². The number of aryl methyl sites for hydroxylation is 2. The first-order valence-electron chi connectivity index (χ1n) is 6.86. The summed E-state index contributed by atoms with van der Waals surface area (Å²) in [6, 6.07) is 0. The molecule has 1 saturated heterocycles.